The summed E-state index contributed by atoms with van der Waals surface area (Å²) in [5.41, 5.74) is 4.10. The number of nitrogens with one attached hydrogen (secondary N) is 2. The van der Waals surface area contributed by atoms with Crippen molar-refractivity contribution in [1.82, 2.24) is 10.2 Å². The van der Waals surface area contributed by atoms with E-state index in [-0.39, 0.29) is 18.9 Å². The van der Waals surface area contributed by atoms with Crippen LogP contribution in [0.1, 0.15) is 16.8 Å². The predicted octanol–water partition coefficient (Wildman–Crippen LogP) is 2.54. The number of fused-ring (bicyclic) bond motifs is 1. The van der Waals surface area contributed by atoms with Gasteiger partial charge in [-0.1, -0.05) is 30.3 Å². The molecule has 5 nitrogen and oxygen atoms in total. The van der Waals surface area contributed by atoms with E-state index in [1.165, 1.54) is 0 Å². The number of aryl methyl sites for hydroxylation is 1. The van der Waals surface area contributed by atoms with Crippen LogP contribution in [0.3, 0.4) is 0 Å². The fourth-order valence-corrected chi connectivity index (χ4v) is 2.41. The van der Waals surface area contributed by atoms with Crippen molar-refractivity contribution in [2.45, 2.75) is 20.0 Å². The molecule has 1 aromatic heterocycles. The molecular weight excluding hydrogens is 278 g/mol. The number of hydrogen-bond donors (Lipinski definition) is 3. The summed E-state index contributed by atoms with van der Waals surface area (Å²) in [6.07, 6.45) is 0.226. The Balaban J connectivity index is 1.78. The number of aliphatic hydroxyl groups is 1. The second kappa shape index (κ2) is 5.99. The number of carbonyl (C=O) groups excluding carboxylic acids is 1. The predicted molar refractivity (Wildman–Crippen MR) is 85.5 cm³/mol. The maximum absolute atomic E-state index is 12.3. The molecule has 3 rings (SSSR count). The smallest absolute Gasteiger partial charge is 0.230 e. The Kier molecular flexibility index (Phi) is 3.89. The van der Waals surface area contributed by atoms with E-state index < -0.39 is 0 Å². The molecule has 0 saturated heterocycles. The standard InChI is InChI=1S/C17H17N3O2/c1-11-6-7-12(10-21)8-15(11)18-17(22)9-16-13-4-2-3-5-14(13)19-20-16/h2-8,21H,9-10H2,1H3,(H,18,22)(H,19,20). The van der Waals surface area contributed by atoms with Gasteiger partial charge in [0.05, 0.1) is 24.2 Å². The molecule has 0 atom stereocenters. The largest absolute Gasteiger partial charge is 0.392 e. The molecule has 5 heteroatoms. The van der Waals surface area contributed by atoms with E-state index >= 15 is 0 Å². The molecular formula is C17H17N3O2. The summed E-state index contributed by atoms with van der Waals surface area (Å²) in [5.74, 6) is -0.118. The molecule has 3 aromatic rings. The number of rotatable bonds is 4. The SMILES string of the molecule is Cc1ccc(CO)cc1NC(=O)Cc1[nH]nc2ccccc12. The second-order valence-corrected chi connectivity index (χ2v) is 5.25. The minimum Gasteiger partial charge on any atom is -0.392 e. The summed E-state index contributed by atoms with van der Waals surface area (Å²) in [6.45, 7) is 1.87. The van der Waals surface area contributed by atoms with Gasteiger partial charge in [0.1, 0.15) is 0 Å². The maximum Gasteiger partial charge on any atom is 0.230 e. The molecule has 0 radical (unpaired) electrons. The zero-order valence-electron chi connectivity index (χ0n) is 12.3. The molecule has 1 amide bonds. The minimum absolute atomic E-state index is 0.0473. The van der Waals surface area contributed by atoms with E-state index in [1.54, 1.807) is 6.07 Å². The van der Waals surface area contributed by atoms with Crippen LogP contribution in [0, 0.1) is 6.92 Å². The number of para-hydroxylation sites is 1. The average molecular weight is 295 g/mol. The average Bonchev–Trinajstić information content (AvgIpc) is 2.93. The van der Waals surface area contributed by atoms with Gasteiger partial charge >= 0.3 is 0 Å². The third-order valence-electron chi connectivity index (χ3n) is 3.64. The Bertz CT molecular complexity index is 824. The summed E-state index contributed by atoms with van der Waals surface area (Å²) in [5, 5.41) is 20.1. The van der Waals surface area contributed by atoms with Gasteiger partial charge in [-0.2, -0.15) is 5.10 Å². The molecule has 0 aliphatic heterocycles. The highest BCUT2D eigenvalue weighted by molar-refractivity contribution is 5.95. The van der Waals surface area contributed by atoms with Gasteiger partial charge in [-0.15, -0.1) is 0 Å². The van der Waals surface area contributed by atoms with Gasteiger partial charge in [0.2, 0.25) is 5.91 Å². The van der Waals surface area contributed by atoms with Crippen LogP contribution in [-0.4, -0.2) is 21.2 Å². The molecule has 22 heavy (non-hydrogen) atoms. The van der Waals surface area contributed by atoms with Crippen LogP contribution in [0.25, 0.3) is 10.9 Å². The van der Waals surface area contributed by atoms with Gasteiger partial charge < -0.3 is 10.4 Å². The van der Waals surface area contributed by atoms with E-state index in [9.17, 15) is 9.90 Å². The van der Waals surface area contributed by atoms with Crippen LogP contribution in [0.5, 0.6) is 0 Å². The molecule has 0 aliphatic carbocycles. The summed E-state index contributed by atoms with van der Waals surface area (Å²) >= 11 is 0. The first kappa shape index (κ1) is 14.3. The number of aliphatic hydroxyl groups excluding tert-OH is 1. The van der Waals surface area contributed by atoms with Gasteiger partial charge in [0.25, 0.3) is 0 Å². The molecule has 0 spiro atoms. The van der Waals surface area contributed by atoms with Gasteiger partial charge in [-0.3, -0.25) is 9.89 Å². The van der Waals surface area contributed by atoms with Crippen LogP contribution in [0.2, 0.25) is 0 Å². The maximum atomic E-state index is 12.3. The van der Waals surface area contributed by atoms with Gasteiger partial charge in [-0.25, -0.2) is 0 Å². The van der Waals surface area contributed by atoms with Crippen molar-refractivity contribution in [2.24, 2.45) is 0 Å². The topological polar surface area (TPSA) is 78.0 Å². The highest BCUT2D eigenvalue weighted by Crippen LogP contribution is 2.19. The summed E-state index contributed by atoms with van der Waals surface area (Å²) < 4.78 is 0. The Morgan fingerprint density at radius 1 is 1.27 bits per heavy atom. The van der Waals surface area contributed by atoms with Crippen LogP contribution in [0.15, 0.2) is 42.5 Å². The molecule has 0 aliphatic rings. The first-order valence-corrected chi connectivity index (χ1v) is 7.09. The molecule has 0 saturated carbocycles. The highest BCUT2D eigenvalue weighted by atomic mass is 16.3. The van der Waals surface area contributed by atoms with Crippen LogP contribution >= 0.6 is 0 Å². The van der Waals surface area contributed by atoms with E-state index in [1.807, 2.05) is 43.3 Å². The molecule has 0 fully saturated rings. The lowest BCUT2D eigenvalue weighted by molar-refractivity contribution is -0.115. The number of hydrogen-bond acceptors (Lipinski definition) is 3. The number of nitrogens with zero attached hydrogens (tertiary/aromatic N) is 1. The zero-order valence-corrected chi connectivity index (χ0v) is 12.3. The van der Waals surface area contributed by atoms with Crippen LogP contribution in [0.4, 0.5) is 5.69 Å². The number of aromatic amines is 1. The number of benzene rings is 2. The first-order chi connectivity index (χ1) is 10.7. The summed E-state index contributed by atoms with van der Waals surface area (Å²) in [7, 11) is 0. The van der Waals surface area contributed by atoms with Gasteiger partial charge in [0.15, 0.2) is 0 Å². The molecule has 0 unspecified atom stereocenters. The van der Waals surface area contributed by atoms with Crippen molar-refractivity contribution in [3.05, 3.63) is 59.3 Å². The number of anilines is 1. The van der Waals surface area contributed by atoms with Crippen molar-refractivity contribution in [3.63, 3.8) is 0 Å². The van der Waals surface area contributed by atoms with E-state index in [2.05, 4.69) is 15.5 Å². The normalized spacial score (nSPS) is 10.8. The monoisotopic (exact) mass is 295 g/mol. The fourth-order valence-electron chi connectivity index (χ4n) is 2.41. The van der Waals surface area contributed by atoms with Crippen molar-refractivity contribution < 1.29 is 9.90 Å². The Morgan fingerprint density at radius 3 is 2.91 bits per heavy atom. The lowest BCUT2D eigenvalue weighted by Crippen LogP contribution is -2.15. The van der Waals surface area contributed by atoms with Crippen molar-refractivity contribution in [2.75, 3.05) is 5.32 Å². The van der Waals surface area contributed by atoms with Crippen molar-refractivity contribution in [3.8, 4) is 0 Å². The number of aromatic nitrogens is 2. The van der Waals surface area contributed by atoms with Gasteiger partial charge in [-0.05, 0) is 30.2 Å². The Hall–Kier alpha value is -2.66. The lowest BCUT2D eigenvalue weighted by Gasteiger charge is -2.09. The molecule has 2 aromatic carbocycles. The van der Waals surface area contributed by atoms with Crippen molar-refractivity contribution >= 4 is 22.5 Å². The fraction of sp³-hybridized carbons (Fsp3) is 0.176. The summed E-state index contributed by atoms with van der Waals surface area (Å²) in [4.78, 5) is 12.3. The minimum atomic E-state index is -0.118. The molecule has 0 bridgehead atoms. The van der Waals surface area contributed by atoms with E-state index in [0.717, 1.165) is 33.4 Å². The third kappa shape index (κ3) is 2.84. The summed E-state index contributed by atoms with van der Waals surface area (Å²) in [6, 6.07) is 13.2. The highest BCUT2D eigenvalue weighted by Gasteiger charge is 2.11. The lowest BCUT2D eigenvalue weighted by atomic mass is 10.1. The molecule has 112 valence electrons. The Labute approximate surface area is 128 Å². The Morgan fingerprint density at radius 2 is 2.09 bits per heavy atom. The van der Waals surface area contributed by atoms with Crippen molar-refractivity contribution in [1.29, 1.82) is 0 Å². The number of H-pyrrole nitrogens is 1. The third-order valence-corrected chi connectivity index (χ3v) is 3.64. The zero-order chi connectivity index (χ0) is 15.5. The second-order valence-electron chi connectivity index (χ2n) is 5.25. The quantitative estimate of drug-likeness (QED) is 0.692. The van der Waals surface area contributed by atoms with Gasteiger partial charge in [0, 0.05) is 11.1 Å². The number of carbonyl (C=O) groups is 1. The first-order valence-electron chi connectivity index (χ1n) is 7.09. The van der Waals surface area contributed by atoms with E-state index in [4.69, 9.17) is 0 Å². The van der Waals surface area contributed by atoms with Crippen LogP contribution in [-0.2, 0) is 17.8 Å². The number of amides is 1. The molecule has 1 heterocycles. The van der Waals surface area contributed by atoms with Crippen LogP contribution < -0.4 is 5.32 Å². The molecule has 3 N–H and O–H groups in total. The van der Waals surface area contributed by atoms with E-state index in [0.29, 0.717) is 0 Å².